The summed E-state index contributed by atoms with van der Waals surface area (Å²) in [5, 5.41) is 0. The normalized spacial score (nSPS) is 14.9. The summed E-state index contributed by atoms with van der Waals surface area (Å²) in [5.41, 5.74) is 1.49. The van der Waals surface area contributed by atoms with Crippen molar-refractivity contribution in [2.75, 3.05) is 38.2 Å². The molecule has 0 bridgehead atoms. The molecule has 2 aromatic rings. The van der Waals surface area contributed by atoms with E-state index in [1.54, 1.807) is 32.4 Å². The van der Waals surface area contributed by atoms with Crippen LogP contribution in [0.15, 0.2) is 22.8 Å². The molecule has 1 aliphatic rings. The Labute approximate surface area is 134 Å². The highest BCUT2D eigenvalue weighted by Crippen LogP contribution is 2.18. The second-order valence-electron chi connectivity index (χ2n) is 5.52. The summed E-state index contributed by atoms with van der Waals surface area (Å²) >= 11 is 0. The predicted molar refractivity (Wildman–Crippen MR) is 84.9 cm³/mol. The van der Waals surface area contributed by atoms with Crippen LogP contribution in [-0.2, 0) is 0 Å². The van der Waals surface area contributed by atoms with Crippen molar-refractivity contribution < 1.29 is 13.9 Å². The molecule has 1 saturated heterocycles. The topological polar surface area (TPSA) is 71.7 Å². The molecule has 1 aliphatic heterocycles. The number of nitrogens with zero attached hydrogens (tertiary/aromatic N) is 4. The molecule has 3 heterocycles. The molecule has 0 atom stereocenters. The molecule has 2 aromatic heterocycles. The van der Waals surface area contributed by atoms with Gasteiger partial charge >= 0.3 is 0 Å². The minimum atomic E-state index is 0.0126. The first kappa shape index (κ1) is 15.3. The average Bonchev–Trinajstić information content (AvgIpc) is 2.99. The number of anilines is 1. The van der Waals surface area contributed by atoms with Crippen molar-refractivity contribution in [3.05, 3.63) is 35.4 Å². The zero-order chi connectivity index (χ0) is 16.4. The standard InChI is InChI=1S/C16H20N4O3/c1-11-10-14(22-3)18-16(17-11)20-7-5-19(6-8-20)15(21)13-4-9-23-12(13)2/h4,9-10H,5-8H2,1-3H3. The van der Waals surface area contributed by atoms with Crippen molar-refractivity contribution in [3.8, 4) is 5.88 Å². The van der Waals surface area contributed by atoms with Gasteiger partial charge in [0.15, 0.2) is 0 Å². The van der Waals surface area contributed by atoms with Gasteiger partial charge < -0.3 is 19.0 Å². The third-order valence-electron chi connectivity index (χ3n) is 3.97. The summed E-state index contributed by atoms with van der Waals surface area (Å²) in [6, 6.07) is 3.52. The third-order valence-corrected chi connectivity index (χ3v) is 3.97. The van der Waals surface area contributed by atoms with Crippen LogP contribution >= 0.6 is 0 Å². The number of furan rings is 1. The van der Waals surface area contributed by atoms with Crippen molar-refractivity contribution in [2.24, 2.45) is 0 Å². The van der Waals surface area contributed by atoms with Gasteiger partial charge in [-0.2, -0.15) is 4.98 Å². The molecule has 7 nitrogen and oxygen atoms in total. The van der Waals surface area contributed by atoms with Gasteiger partial charge in [0.1, 0.15) is 5.76 Å². The molecule has 122 valence electrons. The fourth-order valence-corrected chi connectivity index (χ4v) is 2.66. The lowest BCUT2D eigenvalue weighted by atomic mass is 10.2. The van der Waals surface area contributed by atoms with Crippen molar-refractivity contribution in [3.63, 3.8) is 0 Å². The number of ether oxygens (including phenoxy) is 1. The highest BCUT2D eigenvalue weighted by molar-refractivity contribution is 5.95. The molecule has 0 radical (unpaired) electrons. The van der Waals surface area contributed by atoms with Crippen LogP contribution in [0, 0.1) is 13.8 Å². The number of hydrogen-bond acceptors (Lipinski definition) is 6. The molecule has 0 N–H and O–H groups in total. The van der Waals surface area contributed by atoms with Crippen LogP contribution in [0.1, 0.15) is 21.8 Å². The Morgan fingerprint density at radius 2 is 1.96 bits per heavy atom. The second-order valence-corrected chi connectivity index (χ2v) is 5.52. The van der Waals surface area contributed by atoms with Crippen molar-refractivity contribution in [2.45, 2.75) is 13.8 Å². The first-order valence-corrected chi connectivity index (χ1v) is 7.56. The Bertz CT molecular complexity index is 705. The van der Waals surface area contributed by atoms with Crippen LogP contribution < -0.4 is 9.64 Å². The SMILES string of the molecule is COc1cc(C)nc(N2CCN(C(=O)c3ccoc3C)CC2)n1. The Morgan fingerprint density at radius 3 is 2.57 bits per heavy atom. The zero-order valence-corrected chi connectivity index (χ0v) is 13.6. The van der Waals surface area contributed by atoms with Crippen molar-refractivity contribution in [1.29, 1.82) is 0 Å². The summed E-state index contributed by atoms with van der Waals surface area (Å²) in [5.74, 6) is 1.87. The van der Waals surface area contributed by atoms with E-state index in [4.69, 9.17) is 9.15 Å². The van der Waals surface area contributed by atoms with Gasteiger partial charge in [0, 0.05) is 37.9 Å². The highest BCUT2D eigenvalue weighted by atomic mass is 16.5. The monoisotopic (exact) mass is 316 g/mol. The number of aryl methyl sites for hydroxylation is 2. The second kappa shape index (κ2) is 6.28. The maximum Gasteiger partial charge on any atom is 0.257 e. The molecule has 3 rings (SSSR count). The maximum absolute atomic E-state index is 12.5. The molecule has 0 aromatic carbocycles. The summed E-state index contributed by atoms with van der Waals surface area (Å²) < 4.78 is 10.4. The number of amides is 1. The molecule has 1 amide bonds. The van der Waals surface area contributed by atoms with Gasteiger partial charge in [-0.25, -0.2) is 4.98 Å². The van der Waals surface area contributed by atoms with E-state index in [0.717, 1.165) is 5.69 Å². The largest absolute Gasteiger partial charge is 0.481 e. The van der Waals surface area contributed by atoms with E-state index in [9.17, 15) is 4.79 Å². The molecular weight excluding hydrogens is 296 g/mol. The fourth-order valence-electron chi connectivity index (χ4n) is 2.66. The van der Waals surface area contributed by atoms with E-state index in [2.05, 4.69) is 14.9 Å². The molecule has 0 unspecified atom stereocenters. The lowest BCUT2D eigenvalue weighted by Gasteiger charge is -2.34. The molecular formula is C16H20N4O3. The van der Waals surface area contributed by atoms with Crippen molar-refractivity contribution >= 4 is 11.9 Å². The Hall–Kier alpha value is -2.57. The van der Waals surface area contributed by atoms with E-state index < -0.39 is 0 Å². The Morgan fingerprint density at radius 1 is 1.22 bits per heavy atom. The van der Waals surface area contributed by atoms with Crippen molar-refractivity contribution in [1.82, 2.24) is 14.9 Å². The lowest BCUT2D eigenvalue weighted by Crippen LogP contribution is -2.49. The summed E-state index contributed by atoms with van der Waals surface area (Å²) in [6.45, 7) is 6.35. The summed E-state index contributed by atoms with van der Waals surface area (Å²) in [7, 11) is 1.59. The van der Waals surface area contributed by atoms with E-state index in [-0.39, 0.29) is 5.91 Å². The van der Waals surface area contributed by atoms with Gasteiger partial charge in [-0.05, 0) is 19.9 Å². The van der Waals surface area contributed by atoms with Crippen LogP contribution in [0.2, 0.25) is 0 Å². The van der Waals surface area contributed by atoms with E-state index in [1.807, 2.05) is 11.8 Å². The third kappa shape index (κ3) is 3.13. The summed E-state index contributed by atoms with van der Waals surface area (Å²) in [4.78, 5) is 25.2. The fraction of sp³-hybridized carbons (Fsp3) is 0.438. The van der Waals surface area contributed by atoms with Crippen LogP contribution in [0.4, 0.5) is 5.95 Å². The van der Waals surface area contributed by atoms with E-state index >= 15 is 0 Å². The van der Waals surface area contributed by atoms with Crippen LogP contribution in [0.25, 0.3) is 0 Å². The Kier molecular flexibility index (Phi) is 4.18. The van der Waals surface area contributed by atoms with Gasteiger partial charge in [0.2, 0.25) is 11.8 Å². The number of hydrogen-bond donors (Lipinski definition) is 0. The smallest absolute Gasteiger partial charge is 0.257 e. The van der Waals surface area contributed by atoms with E-state index in [1.165, 1.54) is 0 Å². The van der Waals surface area contributed by atoms with Gasteiger partial charge in [-0.1, -0.05) is 0 Å². The first-order valence-electron chi connectivity index (χ1n) is 7.56. The maximum atomic E-state index is 12.5. The summed E-state index contributed by atoms with van der Waals surface area (Å²) in [6.07, 6.45) is 1.55. The molecule has 0 saturated carbocycles. The quantitative estimate of drug-likeness (QED) is 0.857. The van der Waals surface area contributed by atoms with Crippen LogP contribution in [-0.4, -0.2) is 54.1 Å². The van der Waals surface area contributed by atoms with Gasteiger partial charge in [0.25, 0.3) is 5.91 Å². The molecule has 0 spiro atoms. The van der Waals surface area contributed by atoms with Crippen LogP contribution in [0.5, 0.6) is 5.88 Å². The molecule has 23 heavy (non-hydrogen) atoms. The number of methoxy groups -OCH3 is 1. The lowest BCUT2D eigenvalue weighted by molar-refractivity contribution is 0.0744. The molecule has 0 aliphatic carbocycles. The first-order chi connectivity index (χ1) is 11.1. The molecule has 7 heteroatoms. The zero-order valence-electron chi connectivity index (χ0n) is 13.6. The van der Waals surface area contributed by atoms with E-state index in [0.29, 0.717) is 49.3 Å². The number of rotatable bonds is 3. The van der Waals surface area contributed by atoms with Gasteiger partial charge in [-0.15, -0.1) is 0 Å². The number of piperazine rings is 1. The van der Waals surface area contributed by atoms with Crippen LogP contribution in [0.3, 0.4) is 0 Å². The minimum absolute atomic E-state index is 0.0126. The molecule has 1 fully saturated rings. The predicted octanol–water partition coefficient (Wildman–Crippen LogP) is 1.66. The Balaban J connectivity index is 1.68. The van der Waals surface area contributed by atoms with Gasteiger partial charge in [-0.3, -0.25) is 4.79 Å². The minimum Gasteiger partial charge on any atom is -0.481 e. The number of aromatic nitrogens is 2. The van der Waals surface area contributed by atoms with Gasteiger partial charge in [0.05, 0.1) is 18.9 Å². The number of carbonyl (C=O) groups is 1. The average molecular weight is 316 g/mol. The highest BCUT2D eigenvalue weighted by Gasteiger charge is 2.25. The number of carbonyl (C=O) groups excluding carboxylic acids is 1.